The van der Waals surface area contributed by atoms with Crippen LogP contribution in [-0.2, 0) is 5.41 Å². The Bertz CT molecular complexity index is 1090. The summed E-state index contributed by atoms with van der Waals surface area (Å²) in [4.78, 5) is 21.0. The number of alkyl halides is 1. The van der Waals surface area contributed by atoms with E-state index in [2.05, 4.69) is 58.6 Å². The summed E-state index contributed by atoms with van der Waals surface area (Å²) in [6.07, 6.45) is 4.87. The number of fused-ring (bicyclic) bond motifs is 1. The molecule has 0 aliphatic heterocycles. The number of anilines is 1. The monoisotopic (exact) mass is 440 g/mol. The Kier molecular flexibility index (Phi) is 6.60. The molecule has 1 atom stereocenters. The fourth-order valence-electron chi connectivity index (χ4n) is 4.15. The number of benzene rings is 1. The predicted molar refractivity (Wildman–Crippen MR) is 126 cm³/mol. The van der Waals surface area contributed by atoms with E-state index >= 15 is 0 Å². The van der Waals surface area contributed by atoms with Crippen molar-refractivity contribution in [3.63, 3.8) is 0 Å². The van der Waals surface area contributed by atoms with Crippen molar-refractivity contribution in [1.82, 2.24) is 24.9 Å². The highest BCUT2D eigenvalue weighted by molar-refractivity contribution is 5.60. The Balaban J connectivity index is 1.50. The first-order valence-corrected chi connectivity index (χ1v) is 11.5. The van der Waals surface area contributed by atoms with Crippen LogP contribution in [0.15, 0.2) is 35.1 Å². The van der Waals surface area contributed by atoms with Crippen molar-refractivity contribution >= 4 is 11.6 Å². The van der Waals surface area contributed by atoms with Gasteiger partial charge in [0.15, 0.2) is 11.5 Å². The lowest BCUT2D eigenvalue weighted by molar-refractivity contribution is 0.294. The first-order chi connectivity index (χ1) is 15.3. The number of nitrogens with zero attached hydrogens (tertiary/aromatic N) is 3. The molecule has 1 saturated carbocycles. The highest BCUT2D eigenvalue weighted by Gasteiger charge is 2.17. The summed E-state index contributed by atoms with van der Waals surface area (Å²) in [5.41, 5.74) is 2.26. The highest BCUT2D eigenvalue weighted by atomic mass is 19.1. The van der Waals surface area contributed by atoms with E-state index in [9.17, 15) is 9.18 Å². The maximum Gasteiger partial charge on any atom is 0.266 e. The Morgan fingerprint density at radius 1 is 1.12 bits per heavy atom. The number of hydrogen-bond acceptors (Lipinski definition) is 5. The van der Waals surface area contributed by atoms with Gasteiger partial charge < -0.3 is 10.6 Å². The van der Waals surface area contributed by atoms with Crippen molar-refractivity contribution in [2.24, 2.45) is 0 Å². The topological polar surface area (TPSA) is 87.1 Å². The zero-order valence-electron chi connectivity index (χ0n) is 19.1. The van der Waals surface area contributed by atoms with E-state index in [4.69, 9.17) is 0 Å². The fraction of sp³-hybridized carbons (Fsp3) is 0.542. The van der Waals surface area contributed by atoms with Crippen molar-refractivity contribution in [3.8, 4) is 11.4 Å². The molecule has 1 aromatic carbocycles. The average molecular weight is 441 g/mol. The maximum absolute atomic E-state index is 14.6. The summed E-state index contributed by atoms with van der Waals surface area (Å²) >= 11 is 0. The van der Waals surface area contributed by atoms with Crippen LogP contribution in [-0.4, -0.2) is 44.9 Å². The van der Waals surface area contributed by atoms with Gasteiger partial charge in [-0.3, -0.25) is 9.89 Å². The molecule has 0 spiro atoms. The number of hydrogen-bond donors (Lipinski definition) is 3. The molecule has 0 bridgehead atoms. The first-order valence-electron chi connectivity index (χ1n) is 11.5. The van der Waals surface area contributed by atoms with E-state index in [1.807, 2.05) is 12.1 Å². The number of aromatic amines is 1. The predicted octanol–water partition coefficient (Wildman–Crippen LogP) is 4.05. The van der Waals surface area contributed by atoms with E-state index in [0.717, 1.165) is 18.4 Å². The third-order valence-corrected chi connectivity index (χ3v) is 6.08. The van der Waals surface area contributed by atoms with Gasteiger partial charge in [-0.15, -0.1) is 0 Å². The molecule has 2 heterocycles. The quantitative estimate of drug-likeness (QED) is 0.516. The molecule has 32 heavy (non-hydrogen) atoms. The lowest BCUT2D eigenvalue weighted by atomic mass is 9.87. The van der Waals surface area contributed by atoms with Gasteiger partial charge in [-0.05, 0) is 23.8 Å². The molecule has 7 nitrogen and oxygen atoms in total. The molecule has 0 radical (unpaired) electrons. The van der Waals surface area contributed by atoms with Crippen LogP contribution in [0.1, 0.15) is 58.4 Å². The SMILES string of the molecule is CC(C)(C)c1ccc(-c2nc(NCC(F)CNC3CCCCC3)n3[nH]c(=O)cc3n2)cc1. The lowest BCUT2D eigenvalue weighted by Gasteiger charge is -2.23. The van der Waals surface area contributed by atoms with Crippen LogP contribution in [0.3, 0.4) is 0 Å². The molecule has 1 aliphatic carbocycles. The smallest absolute Gasteiger partial charge is 0.266 e. The molecule has 4 rings (SSSR count). The second-order valence-electron chi connectivity index (χ2n) is 9.73. The molecule has 8 heteroatoms. The summed E-state index contributed by atoms with van der Waals surface area (Å²) in [7, 11) is 0. The Hall–Kier alpha value is -2.74. The van der Waals surface area contributed by atoms with E-state index in [0.29, 0.717) is 30.0 Å². The average Bonchev–Trinajstić information content (AvgIpc) is 3.16. The Labute approximate surface area is 187 Å². The summed E-state index contributed by atoms with van der Waals surface area (Å²) in [6, 6.07) is 9.91. The first kappa shape index (κ1) is 22.5. The van der Waals surface area contributed by atoms with Gasteiger partial charge in [0.2, 0.25) is 5.95 Å². The zero-order valence-corrected chi connectivity index (χ0v) is 19.1. The summed E-state index contributed by atoms with van der Waals surface area (Å²) < 4.78 is 16.0. The minimum Gasteiger partial charge on any atom is -0.351 e. The fourth-order valence-corrected chi connectivity index (χ4v) is 4.15. The van der Waals surface area contributed by atoms with E-state index in [1.54, 1.807) is 0 Å². The van der Waals surface area contributed by atoms with Crippen molar-refractivity contribution in [1.29, 1.82) is 0 Å². The van der Waals surface area contributed by atoms with Crippen LogP contribution in [0.5, 0.6) is 0 Å². The van der Waals surface area contributed by atoms with Gasteiger partial charge in [0.05, 0.1) is 6.54 Å². The van der Waals surface area contributed by atoms with Gasteiger partial charge in [0.25, 0.3) is 5.56 Å². The highest BCUT2D eigenvalue weighted by Crippen LogP contribution is 2.25. The van der Waals surface area contributed by atoms with Crippen LogP contribution in [0.4, 0.5) is 10.3 Å². The van der Waals surface area contributed by atoms with Gasteiger partial charge in [-0.25, -0.2) is 13.9 Å². The third kappa shape index (κ3) is 5.35. The number of nitrogens with one attached hydrogen (secondary N) is 3. The number of halogens is 1. The van der Waals surface area contributed by atoms with E-state index in [1.165, 1.54) is 35.4 Å². The molecule has 1 fully saturated rings. The molecular weight excluding hydrogens is 407 g/mol. The molecular formula is C24H33FN6O. The molecule has 0 amide bonds. The molecule has 1 aliphatic rings. The normalized spacial score (nSPS) is 16.4. The Morgan fingerprint density at radius 3 is 2.53 bits per heavy atom. The summed E-state index contributed by atoms with van der Waals surface area (Å²) in [5, 5.41) is 9.08. The van der Waals surface area contributed by atoms with Crippen molar-refractivity contribution < 1.29 is 4.39 Å². The minimum atomic E-state index is -1.07. The lowest BCUT2D eigenvalue weighted by Crippen LogP contribution is -2.37. The van der Waals surface area contributed by atoms with Crippen molar-refractivity contribution in [2.45, 2.75) is 70.5 Å². The molecule has 172 valence electrons. The largest absolute Gasteiger partial charge is 0.351 e. The van der Waals surface area contributed by atoms with Gasteiger partial charge in [0.1, 0.15) is 6.17 Å². The van der Waals surface area contributed by atoms with Crippen LogP contribution in [0.25, 0.3) is 17.0 Å². The number of rotatable bonds is 7. The van der Waals surface area contributed by atoms with Crippen LogP contribution < -0.4 is 16.2 Å². The molecule has 3 aromatic rings. The standard InChI is InChI=1S/C24H33FN6O/c1-24(2,3)17-11-9-16(10-12-17)22-28-20-13-21(32)30-31(20)23(29-22)27-15-18(25)14-26-19-7-5-4-6-8-19/h9-13,18-19,26H,4-8,14-15H2,1-3H3,(H,30,32)(H,27,28,29). The maximum atomic E-state index is 14.6. The Morgan fingerprint density at radius 2 is 1.84 bits per heavy atom. The number of aromatic nitrogens is 4. The van der Waals surface area contributed by atoms with Gasteiger partial charge >= 0.3 is 0 Å². The van der Waals surface area contributed by atoms with E-state index in [-0.39, 0.29) is 17.5 Å². The van der Waals surface area contributed by atoms with Crippen LogP contribution in [0, 0.1) is 0 Å². The molecule has 1 unspecified atom stereocenters. The third-order valence-electron chi connectivity index (χ3n) is 6.08. The number of H-pyrrole nitrogens is 1. The molecule has 2 aromatic heterocycles. The van der Waals surface area contributed by atoms with Gasteiger partial charge in [0, 0.05) is 24.2 Å². The van der Waals surface area contributed by atoms with Crippen LogP contribution >= 0.6 is 0 Å². The summed E-state index contributed by atoms with van der Waals surface area (Å²) in [5.74, 6) is 0.856. The summed E-state index contributed by atoms with van der Waals surface area (Å²) in [6.45, 7) is 6.88. The molecule has 3 N–H and O–H groups in total. The van der Waals surface area contributed by atoms with E-state index < -0.39 is 6.17 Å². The van der Waals surface area contributed by atoms with Gasteiger partial charge in [-0.1, -0.05) is 64.3 Å². The zero-order chi connectivity index (χ0) is 22.7. The molecule has 0 saturated heterocycles. The van der Waals surface area contributed by atoms with Crippen molar-refractivity contribution in [2.75, 3.05) is 18.4 Å². The minimum absolute atomic E-state index is 0.0474. The van der Waals surface area contributed by atoms with Crippen LogP contribution in [0.2, 0.25) is 0 Å². The second-order valence-corrected chi connectivity index (χ2v) is 9.73. The second kappa shape index (κ2) is 9.40. The van der Waals surface area contributed by atoms with Crippen molar-refractivity contribution in [3.05, 3.63) is 46.2 Å². The van der Waals surface area contributed by atoms with Gasteiger partial charge in [-0.2, -0.15) is 4.98 Å².